The summed E-state index contributed by atoms with van der Waals surface area (Å²) in [5.41, 5.74) is 1.05. The van der Waals surface area contributed by atoms with E-state index in [-0.39, 0.29) is 5.92 Å². The van der Waals surface area contributed by atoms with Crippen LogP contribution in [0.5, 0.6) is 5.75 Å². The Morgan fingerprint density at radius 2 is 1.96 bits per heavy atom. The van der Waals surface area contributed by atoms with Crippen molar-refractivity contribution >= 4 is 5.97 Å². The van der Waals surface area contributed by atoms with Gasteiger partial charge in [0, 0.05) is 0 Å². The zero-order chi connectivity index (χ0) is 20.1. The summed E-state index contributed by atoms with van der Waals surface area (Å²) in [6, 6.07) is 7.30. The number of carbonyl (C=O) groups is 1. The predicted octanol–water partition coefficient (Wildman–Crippen LogP) is 0.307. The molecule has 0 aliphatic carbocycles. The van der Waals surface area contributed by atoms with Gasteiger partial charge >= 0.3 is 5.97 Å². The zero-order valence-electron chi connectivity index (χ0n) is 15.8. The summed E-state index contributed by atoms with van der Waals surface area (Å²) < 4.78 is 10.8. The number of aliphatic hydroxyl groups is 3. The lowest BCUT2D eigenvalue weighted by molar-refractivity contribution is -0.271. The number of hydrogen-bond donors (Lipinski definition) is 5. The van der Waals surface area contributed by atoms with Gasteiger partial charge in [0.05, 0.1) is 0 Å². The Morgan fingerprint density at radius 3 is 2.56 bits per heavy atom. The number of rotatable bonds is 8. The molecule has 0 spiro atoms. The molecule has 5 N–H and O–H groups in total. The molecule has 152 valence electrons. The summed E-state index contributed by atoms with van der Waals surface area (Å²) in [4.78, 5) is 11.2. The Bertz CT molecular complexity index is 626. The SMILES string of the molecule is CC[C@@H](c1cccc(O[C@@H]2O[C@H](C(=O)O)[C@@H](O)[C@H](O)[C@H]2O)c1)[C@@H](C)CNC. The summed E-state index contributed by atoms with van der Waals surface area (Å²) in [5, 5.41) is 42.0. The monoisotopic (exact) mass is 383 g/mol. The van der Waals surface area contributed by atoms with Gasteiger partial charge in [-0.25, -0.2) is 4.79 Å². The third kappa shape index (κ3) is 4.97. The highest BCUT2D eigenvalue weighted by atomic mass is 16.7. The number of carboxylic acids is 1. The highest BCUT2D eigenvalue weighted by molar-refractivity contribution is 5.73. The molecule has 1 aromatic carbocycles. The standard InChI is InChI=1S/C19H29NO7/c1-4-13(10(2)9-20-3)11-6-5-7-12(8-11)26-19-16(23)14(21)15(22)17(27-19)18(24)25/h5-8,10,13-17,19-23H,4,9H2,1-3H3,(H,24,25)/t10-,13+,14-,15-,16+,17-,19+/m0/s1. The van der Waals surface area contributed by atoms with Gasteiger partial charge in [0.2, 0.25) is 6.29 Å². The van der Waals surface area contributed by atoms with Crippen molar-refractivity contribution in [2.24, 2.45) is 5.92 Å². The Hall–Kier alpha value is -1.71. The second-order valence-corrected chi connectivity index (χ2v) is 6.98. The minimum Gasteiger partial charge on any atom is -0.479 e. The topological polar surface area (TPSA) is 128 Å². The number of nitrogens with one attached hydrogen (secondary N) is 1. The Morgan fingerprint density at radius 1 is 1.26 bits per heavy atom. The molecule has 1 heterocycles. The van der Waals surface area contributed by atoms with Gasteiger partial charge < -0.3 is 35.2 Å². The van der Waals surface area contributed by atoms with E-state index in [9.17, 15) is 20.1 Å². The van der Waals surface area contributed by atoms with Crippen LogP contribution in [0.3, 0.4) is 0 Å². The molecule has 0 amide bonds. The highest BCUT2D eigenvalue weighted by Gasteiger charge is 2.48. The van der Waals surface area contributed by atoms with Gasteiger partial charge in [0.25, 0.3) is 0 Å². The maximum Gasteiger partial charge on any atom is 0.335 e. The molecular weight excluding hydrogens is 354 g/mol. The molecule has 1 aliphatic rings. The lowest BCUT2D eigenvalue weighted by Gasteiger charge is -2.38. The molecule has 0 saturated carbocycles. The summed E-state index contributed by atoms with van der Waals surface area (Å²) in [6.45, 7) is 5.12. The van der Waals surface area contributed by atoms with E-state index in [4.69, 9.17) is 14.6 Å². The van der Waals surface area contributed by atoms with Crippen LogP contribution in [0.15, 0.2) is 24.3 Å². The van der Waals surface area contributed by atoms with E-state index >= 15 is 0 Å². The van der Waals surface area contributed by atoms with Crippen molar-refractivity contribution in [3.63, 3.8) is 0 Å². The van der Waals surface area contributed by atoms with E-state index in [0.29, 0.717) is 11.7 Å². The molecule has 0 aromatic heterocycles. The maximum absolute atomic E-state index is 11.2. The maximum atomic E-state index is 11.2. The van der Waals surface area contributed by atoms with Crippen LogP contribution < -0.4 is 10.1 Å². The Balaban J connectivity index is 2.18. The fourth-order valence-corrected chi connectivity index (χ4v) is 3.53. The number of aliphatic hydroxyl groups excluding tert-OH is 3. The van der Waals surface area contributed by atoms with E-state index in [1.165, 1.54) is 0 Å². The molecule has 0 unspecified atom stereocenters. The molecular formula is C19H29NO7. The number of ether oxygens (including phenoxy) is 2. The van der Waals surface area contributed by atoms with Crippen molar-refractivity contribution in [1.29, 1.82) is 0 Å². The molecule has 7 atom stereocenters. The van der Waals surface area contributed by atoms with Gasteiger partial charge in [-0.1, -0.05) is 26.0 Å². The van der Waals surface area contributed by atoms with Gasteiger partial charge in [0.1, 0.15) is 24.1 Å². The molecule has 27 heavy (non-hydrogen) atoms. The van der Waals surface area contributed by atoms with Crippen molar-refractivity contribution in [2.45, 2.75) is 56.9 Å². The average Bonchev–Trinajstić information content (AvgIpc) is 2.63. The van der Waals surface area contributed by atoms with Crippen LogP contribution in [0.4, 0.5) is 0 Å². The van der Waals surface area contributed by atoms with E-state index < -0.39 is 36.7 Å². The van der Waals surface area contributed by atoms with Crippen LogP contribution in [0.1, 0.15) is 31.7 Å². The third-order valence-electron chi connectivity index (χ3n) is 5.00. The zero-order valence-corrected chi connectivity index (χ0v) is 15.8. The van der Waals surface area contributed by atoms with Crippen molar-refractivity contribution < 1.29 is 34.7 Å². The second-order valence-electron chi connectivity index (χ2n) is 6.98. The summed E-state index contributed by atoms with van der Waals surface area (Å²) in [7, 11) is 1.91. The highest BCUT2D eigenvalue weighted by Crippen LogP contribution is 2.31. The van der Waals surface area contributed by atoms with E-state index in [0.717, 1.165) is 18.5 Å². The minimum atomic E-state index is -1.74. The second kappa shape index (κ2) is 9.48. The van der Waals surface area contributed by atoms with Crippen molar-refractivity contribution in [1.82, 2.24) is 5.32 Å². The quantitative estimate of drug-likeness (QED) is 0.434. The third-order valence-corrected chi connectivity index (χ3v) is 5.00. The van der Waals surface area contributed by atoms with Crippen LogP contribution in [-0.2, 0) is 9.53 Å². The van der Waals surface area contributed by atoms with Crippen LogP contribution in [0, 0.1) is 5.92 Å². The van der Waals surface area contributed by atoms with Crippen LogP contribution >= 0.6 is 0 Å². The molecule has 1 saturated heterocycles. The van der Waals surface area contributed by atoms with Crippen LogP contribution in [0.2, 0.25) is 0 Å². The normalized spacial score (nSPS) is 30.5. The van der Waals surface area contributed by atoms with Gasteiger partial charge in [-0.2, -0.15) is 0 Å². The number of carboxylic acid groups (broad SMARTS) is 1. The lowest BCUT2D eigenvalue weighted by Crippen LogP contribution is -2.61. The van der Waals surface area contributed by atoms with Crippen molar-refractivity contribution in [3.8, 4) is 5.75 Å². The number of hydrogen-bond acceptors (Lipinski definition) is 7. The molecule has 0 radical (unpaired) electrons. The molecule has 1 fully saturated rings. The average molecular weight is 383 g/mol. The first-order valence-corrected chi connectivity index (χ1v) is 9.13. The van der Waals surface area contributed by atoms with E-state index in [1.807, 2.05) is 25.2 Å². The number of aliphatic carboxylic acids is 1. The Kier molecular flexibility index (Phi) is 7.58. The van der Waals surface area contributed by atoms with Crippen LogP contribution in [-0.4, -0.2) is 70.7 Å². The largest absolute Gasteiger partial charge is 0.479 e. The molecule has 1 aliphatic heterocycles. The summed E-state index contributed by atoms with van der Waals surface area (Å²) >= 11 is 0. The van der Waals surface area contributed by atoms with Gasteiger partial charge in [-0.3, -0.25) is 0 Å². The molecule has 8 nitrogen and oxygen atoms in total. The fourth-order valence-electron chi connectivity index (χ4n) is 3.53. The van der Waals surface area contributed by atoms with Crippen LogP contribution in [0.25, 0.3) is 0 Å². The summed E-state index contributed by atoms with van der Waals surface area (Å²) in [5.74, 6) is -0.375. The fraction of sp³-hybridized carbons (Fsp3) is 0.632. The smallest absolute Gasteiger partial charge is 0.335 e. The number of benzene rings is 1. The molecule has 0 bridgehead atoms. The first kappa shape index (κ1) is 21.6. The molecule has 1 aromatic rings. The Labute approximate surface area is 158 Å². The predicted molar refractivity (Wildman–Crippen MR) is 97.5 cm³/mol. The van der Waals surface area contributed by atoms with E-state index in [1.54, 1.807) is 6.07 Å². The van der Waals surface area contributed by atoms with Gasteiger partial charge in [0.15, 0.2) is 6.10 Å². The minimum absolute atomic E-state index is 0.289. The van der Waals surface area contributed by atoms with Gasteiger partial charge in [-0.15, -0.1) is 0 Å². The van der Waals surface area contributed by atoms with Gasteiger partial charge in [-0.05, 0) is 49.5 Å². The molecule has 8 heteroatoms. The first-order valence-electron chi connectivity index (χ1n) is 9.13. The van der Waals surface area contributed by atoms with Crippen molar-refractivity contribution in [2.75, 3.05) is 13.6 Å². The lowest BCUT2D eigenvalue weighted by atomic mass is 9.85. The first-order chi connectivity index (χ1) is 12.8. The van der Waals surface area contributed by atoms with E-state index in [2.05, 4.69) is 19.2 Å². The summed E-state index contributed by atoms with van der Waals surface area (Å²) in [6.07, 6.45) is -7.17. The molecule has 2 rings (SSSR count). The van der Waals surface area contributed by atoms with Crippen molar-refractivity contribution in [3.05, 3.63) is 29.8 Å².